The topological polar surface area (TPSA) is 56.2 Å². The zero-order chi connectivity index (χ0) is 12.4. The van der Waals surface area contributed by atoms with Crippen LogP contribution in [0.25, 0.3) is 5.52 Å². The van der Waals surface area contributed by atoms with Gasteiger partial charge in [-0.2, -0.15) is 5.10 Å². The first-order valence-corrected chi connectivity index (χ1v) is 5.92. The van der Waals surface area contributed by atoms with Crippen LogP contribution >= 0.6 is 0 Å². The first kappa shape index (κ1) is 10.9. The first-order chi connectivity index (χ1) is 8.84. The Labute approximate surface area is 105 Å². The number of pyridine rings is 2. The minimum absolute atomic E-state index is 0.0835. The zero-order valence-electron chi connectivity index (χ0n) is 9.90. The van der Waals surface area contributed by atoms with Gasteiger partial charge in [0.15, 0.2) is 0 Å². The highest BCUT2D eigenvalue weighted by Gasteiger charge is 2.12. The minimum atomic E-state index is -0.0835. The fourth-order valence-electron chi connectivity index (χ4n) is 2.09. The highest BCUT2D eigenvalue weighted by atomic mass is 15.2. The van der Waals surface area contributed by atoms with Crippen molar-refractivity contribution in [1.29, 1.82) is 0 Å². The third kappa shape index (κ3) is 1.98. The van der Waals surface area contributed by atoms with Crippen LogP contribution in [0.4, 0.5) is 0 Å². The van der Waals surface area contributed by atoms with Gasteiger partial charge in [0.2, 0.25) is 0 Å². The molecule has 1 atom stereocenters. The van der Waals surface area contributed by atoms with Crippen LogP contribution in [0, 0.1) is 0 Å². The van der Waals surface area contributed by atoms with Gasteiger partial charge in [-0.1, -0.05) is 12.1 Å². The molecule has 90 valence electrons. The third-order valence-electron chi connectivity index (χ3n) is 3.01. The predicted octanol–water partition coefficient (Wildman–Crippen LogP) is 1.97. The molecule has 18 heavy (non-hydrogen) atoms. The molecular weight excluding hydrogens is 224 g/mol. The summed E-state index contributed by atoms with van der Waals surface area (Å²) in [5.41, 5.74) is 9.36. The number of hydrogen-bond donors (Lipinski definition) is 1. The van der Waals surface area contributed by atoms with Crippen molar-refractivity contribution >= 4 is 5.52 Å². The SMILES string of the molecule is NC(Cc1ccccn1)c1cnn2ccccc12. The normalized spacial score (nSPS) is 12.7. The summed E-state index contributed by atoms with van der Waals surface area (Å²) in [6.07, 6.45) is 6.27. The van der Waals surface area contributed by atoms with Crippen molar-refractivity contribution in [3.05, 3.63) is 66.2 Å². The molecule has 0 bridgehead atoms. The predicted molar refractivity (Wildman–Crippen MR) is 70.1 cm³/mol. The zero-order valence-corrected chi connectivity index (χ0v) is 9.90. The molecule has 0 fully saturated rings. The Bertz CT molecular complexity index is 645. The molecule has 0 saturated carbocycles. The molecule has 0 amide bonds. The summed E-state index contributed by atoms with van der Waals surface area (Å²) >= 11 is 0. The molecule has 3 aromatic heterocycles. The lowest BCUT2D eigenvalue weighted by Crippen LogP contribution is -2.13. The molecule has 0 spiro atoms. The standard InChI is InChI=1S/C14H14N4/c15-13(9-11-5-1-3-7-16-11)12-10-17-18-8-4-2-6-14(12)18/h1-8,10,13H,9,15H2. The molecule has 0 aliphatic carbocycles. The van der Waals surface area contributed by atoms with E-state index in [9.17, 15) is 0 Å². The monoisotopic (exact) mass is 238 g/mol. The maximum absolute atomic E-state index is 6.24. The van der Waals surface area contributed by atoms with Crippen molar-refractivity contribution in [2.24, 2.45) is 5.73 Å². The number of fused-ring (bicyclic) bond motifs is 1. The van der Waals surface area contributed by atoms with Crippen LogP contribution in [0.1, 0.15) is 17.3 Å². The van der Waals surface area contributed by atoms with E-state index in [2.05, 4.69) is 10.1 Å². The molecule has 4 nitrogen and oxygen atoms in total. The summed E-state index contributed by atoms with van der Waals surface area (Å²) in [5.74, 6) is 0. The Morgan fingerprint density at radius 3 is 2.89 bits per heavy atom. The van der Waals surface area contributed by atoms with E-state index < -0.39 is 0 Å². The van der Waals surface area contributed by atoms with Crippen LogP contribution in [0.3, 0.4) is 0 Å². The molecule has 3 aromatic rings. The van der Waals surface area contributed by atoms with Gasteiger partial charge in [-0.05, 0) is 24.3 Å². The van der Waals surface area contributed by atoms with E-state index in [0.717, 1.165) is 23.2 Å². The summed E-state index contributed by atoms with van der Waals surface area (Å²) in [6, 6.07) is 11.8. The second kappa shape index (κ2) is 4.58. The Hall–Kier alpha value is -2.20. The second-order valence-corrected chi connectivity index (χ2v) is 4.26. The number of hydrogen-bond acceptors (Lipinski definition) is 3. The Balaban J connectivity index is 1.90. The maximum atomic E-state index is 6.24. The van der Waals surface area contributed by atoms with Gasteiger partial charge < -0.3 is 5.73 Å². The van der Waals surface area contributed by atoms with Gasteiger partial charge in [-0.15, -0.1) is 0 Å². The van der Waals surface area contributed by atoms with Crippen molar-refractivity contribution < 1.29 is 0 Å². The molecule has 0 radical (unpaired) electrons. The van der Waals surface area contributed by atoms with Crippen molar-refractivity contribution in [3.8, 4) is 0 Å². The van der Waals surface area contributed by atoms with Gasteiger partial charge in [-0.25, -0.2) is 4.52 Å². The van der Waals surface area contributed by atoms with Gasteiger partial charge in [0.1, 0.15) is 0 Å². The van der Waals surface area contributed by atoms with Gasteiger partial charge in [0.25, 0.3) is 0 Å². The smallest absolute Gasteiger partial charge is 0.0709 e. The summed E-state index contributed by atoms with van der Waals surface area (Å²) in [4.78, 5) is 4.30. The van der Waals surface area contributed by atoms with Crippen molar-refractivity contribution in [2.45, 2.75) is 12.5 Å². The third-order valence-corrected chi connectivity index (χ3v) is 3.01. The summed E-state index contributed by atoms with van der Waals surface area (Å²) in [5, 5.41) is 4.30. The molecule has 1 unspecified atom stereocenters. The average molecular weight is 238 g/mol. The summed E-state index contributed by atoms with van der Waals surface area (Å²) in [7, 11) is 0. The lowest BCUT2D eigenvalue weighted by atomic mass is 10.0. The van der Waals surface area contributed by atoms with E-state index in [1.54, 1.807) is 6.20 Å². The molecule has 0 aliphatic heterocycles. The van der Waals surface area contributed by atoms with Gasteiger partial charge in [0.05, 0.1) is 11.7 Å². The number of aromatic nitrogens is 3. The van der Waals surface area contributed by atoms with E-state index in [-0.39, 0.29) is 6.04 Å². The van der Waals surface area contributed by atoms with Gasteiger partial charge in [-0.3, -0.25) is 4.98 Å². The van der Waals surface area contributed by atoms with Crippen molar-refractivity contribution in [3.63, 3.8) is 0 Å². The van der Waals surface area contributed by atoms with Crippen LogP contribution in [-0.4, -0.2) is 14.6 Å². The van der Waals surface area contributed by atoms with Gasteiger partial charge >= 0.3 is 0 Å². The molecule has 4 heteroatoms. The van der Waals surface area contributed by atoms with Crippen LogP contribution < -0.4 is 5.73 Å². The fourth-order valence-corrected chi connectivity index (χ4v) is 2.09. The van der Waals surface area contributed by atoms with Crippen molar-refractivity contribution in [1.82, 2.24) is 14.6 Å². The lowest BCUT2D eigenvalue weighted by molar-refractivity contribution is 0.712. The second-order valence-electron chi connectivity index (χ2n) is 4.26. The van der Waals surface area contributed by atoms with Crippen LogP contribution in [0.2, 0.25) is 0 Å². The van der Waals surface area contributed by atoms with E-state index >= 15 is 0 Å². The average Bonchev–Trinajstić information content (AvgIpc) is 2.84. The quantitative estimate of drug-likeness (QED) is 0.759. The van der Waals surface area contributed by atoms with E-state index in [1.165, 1.54) is 0 Å². The first-order valence-electron chi connectivity index (χ1n) is 5.92. The largest absolute Gasteiger partial charge is 0.324 e. The summed E-state index contributed by atoms with van der Waals surface area (Å²) < 4.78 is 1.84. The Morgan fingerprint density at radius 2 is 2.06 bits per heavy atom. The Kier molecular flexibility index (Phi) is 2.78. The van der Waals surface area contributed by atoms with E-state index in [4.69, 9.17) is 5.73 Å². The minimum Gasteiger partial charge on any atom is -0.324 e. The van der Waals surface area contributed by atoms with E-state index in [0.29, 0.717) is 0 Å². The van der Waals surface area contributed by atoms with E-state index in [1.807, 2.05) is 53.3 Å². The van der Waals surface area contributed by atoms with Gasteiger partial charge in [0, 0.05) is 36.1 Å². The molecular formula is C14H14N4. The number of rotatable bonds is 3. The molecule has 2 N–H and O–H groups in total. The molecule has 0 aromatic carbocycles. The Morgan fingerprint density at radius 1 is 1.17 bits per heavy atom. The number of nitrogens with zero attached hydrogens (tertiary/aromatic N) is 3. The maximum Gasteiger partial charge on any atom is 0.0709 e. The van der Waals surface area contributed by atoms with Crippen LogP contribution in [-0.2, 0) is 6.42 Å². The van der Waals surface area contributed by atoms with Crippen LogP contribution in [0.5, 0.6) is 0 Å². The van der Waals surface area contributed by atoms with Crippen LogP contribution in [0.15, 0.2) is 55.0 Å². The molecule has 0 saturated heterocycles. The number of nitrogens with two attached hydrogens (primary N) is 1. The lowest BCUT2D eigenvalue weighted by Gasteiger charge is -2.09. The molecule has 0 aliphatic rings. The highest BCUT2D eigenvalue weighted by Crippen LogP contribution is 2.19. The highest BCUT2D eigenvalue weighted by molar-refractivity contribution is 5.54. The summed E-state index contributed by atoms with van der Waals surface area (Å²) in [6.45, 7) is 0. The molecule has 3 rings (SSSR count). The van der Waals surface area contributed by atoms with Crippen molar-refractivity contribution in [2.75, 3.05) is 0 Å². The molecule has 3 heterocycles. The fraction of sp³-hybridized carbons (Fsp3) is 0.143.